The zero-order valence-electron chi connectivity index (χ0n) is 15.3. The lowest BCUT2D eigenvalue weighted by atomic mass is 10.2. The maximum atomic E-state index is 11.4. The minimum absolute atomic E-state index is 0.146. The van der Waals surface area contributed by atoms with Crippen molar-refractivity contribution in [3.63, 3.8) is 0 Å². The van der Waals surface area contributed by atoms with Gasteiger partial charge in [0, 0.05) is 0 Å². The normalized spacial score (nSPS) is 10.5. The fraction of sp³-hybridized carbons (Fsp3) is 0.211. The molecule has 0 atom stereocenters. The van der Waals surface area contributed by atoms with Crippen LogP contribution in [0.25, 0.3) is 0 Å². The summed E-state index contributed by atoms with van der Waals surface area (Å²) < 4.78 is 15.5. The minimum Gasteiger partial charge on any atom is -0.493 e. The first-order valence-corrected chi connectivity index (χ1v) is 8.60. The molecule has 0 heterocycles. The van der Waals surface area contributed by atoms with Gasteiger partial charge in [-0.25, -0.2) is 9.59 Å². The van der Waals surface area contributed by atoms with E-state index in [-0.39, 0.29) is 29.5 Å². The van der Waals surface area contributed by atoms with Gasteiger partial charge in [-0.15, -0.1) is 0 Å². The van der Waals surface area contributed by atoms with Gasteiger partial charge in [0.1, 0.15) is 0 Å². The number of aromatic carboxylic acids is 1. The molecule has 0 fully saturated rings. The molecule has 0 radical (unpaired) electrons. The molecule has 2 N–H and O–H groups in total. The Labute approximate surface area is 166 Å². The molecule has 0 aromatic heterocycles. The van der Waals surface area contributed by atoms with E-state index in [1.54, 1.807) is 31.2 Å². The molecule has 0 aliphatic rings. The highest BCUT2D eigenvalue weighted by molar-refractivity contribution is 6.32. The van der Waals surface area contributed by atoms with Gasteiger partial charge in [0.25, 0.3) is 0 Å². The Morgan fingerprint density at radius 1 is 1.29 bits per heavy atom. The number of rotatable bonds is 9. The Morgan fingerprint density at radius 2 is 2.07 bits per heavy atom. The lowest BCUT2D eigenvalue weighted by molar-refractivity contribution is -0.145. The van der Waals surface area contributed by atoms with Crippen molar-refractivity contribution < 1.29 is 28.9 Å². The summed E-state index contributed by atoms with van der Waals surface area (Å²) in [4.78, 5) is 22.4. The molecule has 0 saturated carbocycles. The van der Waals surface area contributed by atoms with Crippen molar-refractivity contribution in [3.05, 3.63) is 52.5 Å². The number of anilines is 1. The molecule has 0 aliphatic heterocycles. The number of carboxylic acids is 1. The SMILES string of the molecule is CCOC(=O)COc1c(Cl)cc(/C=N\Nc2cccc(C(=O)O)c2)cc1OC. The van der Waals surface area contributed by atoms with E-state index >= 15 is 0 Å². The van der Waals surface area contributed by atoms with Gasteiger partial charge in [0.05, 0.1) is 36.2 Å². The average molecular weight is 407 g/mol. The molecule has 2 aromatic rings. The first-order valence-electron chi connectivity index (χ1n) is 8.23. The fourth-order valence-electron chi connectivity index (χ4n) is 2.19. The van der Waals surface area contributed by atoms with Crippen molar-refractivity contribution in [3.8, 4) is 11.5 Å². The van der Waals surface area contributed by atoms with Crippen LogP contribution in [0.15, 0.2) is 41.5 Å². The molecule has 148 valence electrons. The van der Waals surface area contributed by atoms with E-state index in [1.807, 2.05) is 0 Å². The molecule has 0 saturated heterocycles. The van der Waals surface area contributed by atoms with Gasteiger partial charge in [-0.3, -0.25) is 5.43 Å². The van der Waals surface area contributed by atoms with E-state index in [1.165, 1.54) is 25.5 Å². The number of carbonyl (C=O) groups is 2. The molecular weight excluding hydrogens is 388 g/mol. The van der Waals surface area contributed by atoms with Crippen LogP contribution in [0, 0.1) is 0 Å². The predicted octanol–water partition coefficient (Wildman–Crippen LogP) is 3.43. The van der Waals surface area contributed by atoms with Gasteiger partial charge < -0.3 is 19.3 Å². The van der Waals surface area contributed by atoms with E-state index in [2.05, 4.69) is 10.5 Å². The molecular formula is C19H19ClN2O6. The van der Waals surface area contributed by atoms with Gasteiger partial charge in [-0.2, -0.15) is 5.10 Å². The van der Waals surface area contributed by atoms with E-state index in [4.69, 9.17) is 30.9 Å². The number of carbonyl (C=O) groups excluding carboxylic acids is 1. The summed E-state index contributed by atoms with van der Waals surface area (Å²) in [6.07, 6.45) is 1.48. The topological polar surface area (TPSA) is 106 Å². The Kier molecular flexibility index (Phi) is 7.65. The van der Waals surface area contributed by atoms with Crippen molar-refractivity contribution in [2.75, 3.05) is 25.7 Å². The largest absolute Gasteiger partial charge is 0.493 e. The van der Waals surface area contributed by atoms with Gasteiger partial charge >= 0.3 is 11.9 Å². The lowest BCUT2D eigenvalue weighted by Gasteiger charge is -2.12. The van der Waals surface area contributed by atoms with Crippen LogP contribution in [0.5, 0.6) is 11.5 Å². The molecule has 2 rings (SSSR count). The van der Waals surface area contributed by atoms with Crippen LogP contribution < -0.4 is 14.9 Å². The van der Waals surface area contributed by atoms with Crippen LogP contribution in [-0.2, 0) is 9.53 Å². The number of hydrogen-bond donors (Lipinski definition) is 2. The second-order valence-electron chi connectivity index (χ2n) is 5.38. The van der Waals surface area contributed by atoms with Crippen LogP contribution >= 0.6 is 11.6 Å². The van der Waals surface area contributed by atoms with E-state index in [0.717, 1.165) is 0 Å². The number of hydrazone groups is 1. The number of halogens is 1. The molecule has 28 heavy (non-hydrogen) atoms. The number of nitrogens with one attached hydrogen (secondary N) is 1. The van der Waals surface area contributed by atoms with Crippen molar-refractivity contribution in [2.45, 2.75) is 6.92 Å². The number of methoxy groups -OCH3 is 1. The quantitative estimate of drug-likeness (QED) is 0.373. The first-order chi connectivity index (χ1) is 13.4. The Hall–Kier alpha value is -3.26. The van der Waals surface area contributed by atoms with Crippen molar-refractivity contribution in [2.24, 2.45) is 5.10 Å². The van der Waals surface area contributed by atoms with Crippen molar-refractivity contribution in [1.82, 2.24) is 0 Å². The van der Waals surface area contributed by atoms with Crippen molar-refractivity contribution in [1.29, 1.82) is 0 Å². The maximum absolute atomic E-state index is 11.4. The summed E-state index contributed by atoms with van der Waals surface area (Å²) in [6, 6.07) is 9.45. The molecule has 2 aromatic carbocycles. The highest BCUT2D eigenvalue weighted by Crippen LogP contribution is 2.36. The third-order valence-corrected chi connectivity index (χ3v) is 3.69. The highest BCUT2D eigenvalue weighted by atomic mass is 35.5. The second kappa shape index (κ2) is 10.2. The van der Waals surface area contributed by atoms with Crippen LogP contribution in [0.4, 0.5) is 5.69 Å². The average Bonchev–Trinajstić information content (AvgIpc) is 2.67. The smallest absolute Gasteiger partial charge is 0.344 e. The van der Waals surface area contributed by atoms with E-state index < -0.39 is 11.9 Å². The Bertz CT molecular complexity index is 885. The molecule has 8 nitrogen and oxygen atoms in total. The number of esters is 1. The summed E-state index contributed by atoms with van der Waals surface area (Å²) in [5.41, 5.74) is 4.01. The maximum Gasteiger partial charge on any atom is 0.344 e. The van der Waals surface area contributed by atoms with Crippen LogP contribution in [0.2, 0.25) is 5.02 Å². The summed E-state index contributed by atoms with van der Waals surface area (Å²) in [7, 11) is 1.44. The number of carboxylic acid groups (broad SMARTS) is 1. The zero-order valence-corrected chi connectivity index (χ0v) is 16.0. The number of nitrogens with zero attached hydrogens (tertiary/aromatic N) is 1. The third-order valence-electron chi connectivity index (χ3n) is 3.41. The fourth-order valence-corrected chi connectivity index (χ4v) is 2.46. The van der Waals surface area contributed by atoms with Gasteiger partial charge in [-0.1, -0.05) is 17.7 Å². The molecule has 0 bridgehead atoms. The van der Waals surface area contributed by atoms with Crippen LogP contribution in [0.3, 0.4) is 0 Å². The zero-order chi connectivity index (χ0) is 20.5. The monoisotopic (exact) mass is 406 g/mol. The van der Waals surface area contributed by atoms with E-state index in [0.29, 0.717) is 17.0 Å². The van der Waals surface area contributed by atoms with Gasteiger partial charge in [0.15, 0.2) is 18.1 Å². The molecule has 0 unspecified atom stereocenters. The second-order valence-corrected chi connectivity index (χ2v) is 5.79. The Morgan fingerprint density at radius 3 is 2.75 bits per heavy atom. The minimum atomic E-state index is -1.03. The Balaban J connectivity index is 2.10. The van der Waals surface area contributed by atoms with E-state index in [9.17, 15) is 9.59 Å². The summed E-state index contributed by atoms with van der Waals surface area (Å²) in [5.74, 6) is -0.996. The lowest BCUT2D eigenvalue weighted by Crippen LogP contribution is -2.15. The molecule has 9 heteroatoms. The van der Waals surface area contributed by atoms with Crippen molar-refractivity contribution >= 4 is 35.4 Å². The van der Waals surface area contributed by atoms with Crippen LogP contribution in [0.1, 0.15) is 22.8 Å². The number of benzene rings is 2. The van der Waals surface area contributed by atoms with Gasteiger partial charge in [0.2, 0.25) is 0 Å². The summed E-state index contributed by atoms with van der Waals surface area (Å²) >= 11 is 6.22. The number of ether oxygens (including phenoxy) is 3. The third kappa shape index (κ3) is 5.88. The standard InChI is InChI=1S/C19H19ClN2O6/c1-3-27-17(23)11-28-18-15(20)7-12(8-16(18)26-2)10-21-22-14-6-4-5-13(9-14)19(24)25/h4-10,22H,3,11H2,1-2H3,(H,24,25)/b21-10-. The van der Waals surface area contributed by atoms with Gasteiger partial charge in [-0.05, 0) is 42.8 Å². The number of hydrogen-bond acceptors (Lipinski definition) is 7. The molecule has 0 aliphatic carbocycles. The predicted molar refractivity (Wildman–Crippen MR) is 105 cm³/mol. The summed E-state index contributed by atoms with van der Waals surface area (Å²) in [6.45, 7) is 1.66. The molecule has 0 amide bonds. The first kappa shape index (κ1) is 21.0. The highest BCUT2D eigenvalue weighted by Gasteiger charge is 2.14. The molecule has 0 spiro atoms. The van der Waals surface area contributed by atoms with Crippen LogP contribution in [-0.4, -0.2) is 43.6 Å². The summed E-state index contributed by atoms with van der Waals surface area (Å²) in [5, 5.41) is 13.3.